The molecule has 14 nitrogen and oxygen atoms in total. The Hall–Kier alpha value is -6.33. The molecule has 61 heavy (non-hydrogen) atoms. The third-order valence-corrected chi connectivity index (χ3v) is 10.2. The van der Waals surface area contributed by atoms with Gasteiger partial charge < -0.3 is 45.3 Å². The molecule has 15 heteroatoms. The minimum absolute atomic E-state index is 0.00657. The smallest absolute Gasteiger partial charge is 0.306 e. The van der Waals surface area contributed by atoms with Crippen LogP contribution in [0.5, 0.6) is 17.5 Å². The van der Waals surface area contributed by atoms with E-state index >= 15 is 0 Å². The summed E-state index contributed by atoms with van der Waals surface area (Å²) >= 11 is 3.58. The van der Waals surface area contributed by atoms with Crippen LogP contribution < -0.4 is 24.8 Å². The van der Waals surface area contributed by atoms with Gasteiger partial charge in [-0.1, -0.05) is 48.5 Å². The number of aliphatic carboxylic acids is 2. The van der Waals surface area contributed by atoms with Crippen LogP contribution in [0.4, 0.5) is 0 Å². The summed E-state index contributed by atoms with van der Waals surface area (Å²) in [4.78, 5) is 26.4. The first-order valence-corrected chi connectivity index (χ1v) is 20.2. The molecule has 1 heterocycles. The van der Waals surface area contributed by atoms with Gasteiger partial charge in [0.1, 0.15) is 25.6 Å². The number of rotatable bonds is 22. The molecule has 5 rings (SSSR count). The first-order valence-electron chi connectivity index (χ1n) is 19.4. The lowest BCUT2D eigenvalue weighted by Gasteiger charge is -2.18. The summed E-state index contributed by atoms with van der Waals surface area (Å²) in [6.45, 7) is 5.48. The van der Waals surface area contributed by atoms with Gasteiger partial charge in [0, 0.05) is 31.7 Å². The number of hydrogen-bond acceptors (Lipinski definition) is 12. The Labute approximate surface area is 362 Å². The van der Waals surface area contributed by atoms with Gasteiger partial charge in [0.05, 0.1) is 52.8 Å². The molecular formula is C46H46BrN5O9. The van der Waals surface area contributed by atoms with Crippen LogP contribution in [-0.4, -0.2) is 75.8 Å². The molecule has 0 radical (unpaired) electrons. The van der Waals surface area contributed by atoms with E-state index in [4.69, 9.17) is 29.4 Å². The Bertz CT molecular complexity index is 2380. The van der Waals surface area contributed by atoms with Gasteiger partial charge in [-0.2, -0.15) is 15.5 Å². The van der Waals surface area contributed by atoms with E-state index in [0.717, 1.165) is 38.9 Å². The van der Waals surface area contributed by atoms with Crippen molar-refractivity contribution in [1.29, 1.82) is 10.5 Å². The molecule has 0 aliphatic rings. The number of benzene rings is 4. The van der Waals surface area contributed by atoms with Gasteiger partial charge in [0.2, 0.25) is 11.8 Å². The second-order valence-electron chi connectivity index (χ2n) is 14.2. The summed E-state index contributed by atoms with van der Waals surface area (Å²) in [5.74, 6) is -1.01. The van der Waals surface area contributed by atoms with Gasteiger partial charge >= 0.3 is 11.9 Å². The van der Waals surface area contributed by atoms with Crippen LogP contribution in [0.2, 0.25) is 0 Å². The average Bonchev–Trinajstić information content (AvgIpc) is 3.23. The minimum atomic E-state index is -1.11. The number of aliphatic hydroxyl groups is 2. The number of nitrogens with zero attached hydrogens (tertiary/aromatic N) is 3. The second kappa shape index (κ2) is 22.3. The highest BCUT2D eigenvalue weighted by atomic mass is 79.9. The van der Waals surface area contributed by atoms with Gasteiger partial charge in [-0.15, -0.1) is 0 Å². The fraction of sp³-hybridized carbons (Fsp3) is 0.283. The molecule has 5 aromatic rings. The zero-order chi connectivity index (χ0) is 43.9. The third kappa shape index (κ3) is 13.3. The van der Waals surface area contributed by atoms with E-state index in [2.05, 4.69) is 63.8 Å². The summed E-state index contributed by atoms with van der Waals surface area (Å²) < 4.78 is 18.8. The molecule has 0 spiro atoms. The van der Waals surface area contributed by atoms with E-state index in [1.54, 1.807) is 18.2 Å². The molecule has 0 saturated heterocycles. The van der Waals surface area contributed by atoms with Crippen LogP contribution in [0.15, 0.2) is 89.4 Å². The van der Waals surface area contributed by atoms with Crippen LogP contribution in [0.25, 0.3) is 22.3 Å². The SMILES string of the molecule is Cc1c(COc2nc(OCc3cc(C#N)cc(C#N)c3)c(CNC[C@@H](O)CC(=O)O)cc2Br)cccc1-c1cccc(-c2ccc(OCCNC[C@@H](O)CC(=O)O)cc2)c1C. The molecule has 2 atom stereocenters. The number of carboxylic acid groups (broad SMARTS) is 2. The number of carboxylic acids is 2. The zero-order valence-electron chi connectivity index (χ0n) is 33.7. The molecule has 0 fully saturated rings. The Morgan fingerprint density at radius 3 is 1.95 bits per heavy atom. The van der Waals surface area contributed by atoms with E-state index in [0.29, 0.717) is 45.6 Å². The summed E-state index contributed by atoms with van der Waals surface area (Å²) in [5.41, 5.74) is 9.05. The Kier molecular flexibility index (Phi) is 16.7. The zero-order valence-corrected chi connectivity index (χ0v) is 35.2. The number of halogens is 1. The number of hydrogen-bond donors (Lipinski definition) is 6. The van der Waals surface area contributed by atoms with Crippen molar-refractivity contribution in [2.24, 2.45) is 0 Å². The fourth-order valence-electron chi connectivity index (χ4n) is 6.58. The number of pyridine rings is 1. The van der Waals surface area contributed by atoms with Gasteiger partial charge in [-0.25, -0.2) is 0 Å². The second-order valence-corrected chi connectivity index (χ2v) is 15.1. The standard InChI is InChI=1S/C46H46BrN5O9/c1-28-34(5-3-7-40(28)41-8-4-6-39(29(41)2)33-9-11-38(12-10-33)59-14-13-50-24-36(53)19-43(55)56)27-61-46-42(47)18-35(23-51-25-37(54)20-44(57)58)45(52-46)60-26-32-16-30(21-48)15-31(17-32)22-49/h3-12,15-18,36-37,50-51,53-54H,13-14,19-20,23-27H2,1-2H3,(H,55,56)(H,57,58)/t36-,37-/m0/s1. The van der Waals surface area contributed by atoms with Crippen molar-refractivity contribution in [1.82, 2.24) is 15.6 Å². The molecule has 4 aromatic carbocycles. The monoisotopic (exact) mass is 891 g/mol. The largest absolute Gasteiger partial charge is 0.492 e. The maximum absolute atomic E-state index is 11.0. The van der Waals surface area contributed by atoms with Gasteiger partial charge in [-0.3, -0.25) is 9.59 Å². The number of nitriles is 2. The maximum Gasteiger partial charge on any atom is 0.306 e. The number of carbonyl (C=O) groups is 2. The number of nitrogens with one attached hydrogen (secondary N) is 2. The maximum atomic E-state index is 11.0. The molecule has 0 aliphatic heterocycles. The molecule has 0 amide bonds. The molecule has 316 valence electrons. The van der Waals surface area contributed by atoms with Crippen LogP contribution in [0.3, 0.4) is 0 Å². The highest BCUT2D eigenvalue weighted by molar-refractivity contribution is 9.10. The van der Waals surface area contributed by atoms with Crippen LogP contribution >= 0.6 is 15.9 Å². The molecule has 6 N–H and O–H groups in total. The van der Waals surface area contributed by atoms with E-state index < -0.39 is 30.6 Å². The lowest BCUT2D eigenvalue weighted by molar-refractivity contribution is -0.140. The van der Waals surface area contributed by atoms with E-state index in [1.165, 1.54) is 6.07 Å². The lowest BCUT2D eigenvalue weighted by Crippen LogP contribution is -2.31. The van der Waals surface area contributed by atoms with E-state index in [-0.39, 0.29) is 51.0 Å². The van der Waals surface area contributed by atoms with Gasteiger partial charge in [-0.05, 0) is 111 Å². The Morgan fingerprint density at radius 2 is 1.31 bits per heavy atom. The third-order valence-electron chi connectivity index (χ3n) is 9.65. The normalized spacial score (nSPS) is 11.9. The highest BCUT2D eigenvalue weighted by Gasteiger charge is 2.18. The molecule has 0 saturated carbocycles. The van der Waals surface area contributed by atoms with Gasteiger partial charge in [0.15, 0.2) is 0 Å². The predicted octanol–water partition coefficient (Wildman–Crippen LogP) is 6.43. The van der Waals surface area contributed by atoms with E-state index in [9.17, 15) is 30.3 Å². The molecule has 1 aromatic heterocycles. The van der Waals surface area contributed by atoms with Crippen LogP contribution in [0, 0.1) is 36.5 Å². The quantitative estimate of drug-likeness (QED) is 0.0412. The van der Waals surface area contributed by atoms with Crippen LogP contribution in [0.1, 0.15) is 51.8 Å². The first kappa shape index (κ1) is 45.7. The van der Waals surface area contributed by atoms with Crippen molar-refractivity contribution in [3.8, 4) is 51.9 Å². The topological polar surface area (TPSA) is 227 Å². The molecular weight excluding hydrogens is 846 g/mol. The van der Waals surface area contributed by atoms with E-state index in [1.807, 2.05) is 49.4 Å². The van der Waals surface area contributed by atoms with Crippen molar-refractivity contribution < 1.29 is 44.2 Å². The number of ether oxygens (including phenoxy) is 3. The number of aromatic nitrogens is 1. The highest BCUT2D eigenvalue weighted by Crippen LogP contribution is 2.36. The molecule has 0 bridgehead atoms. The molecule has 0 unspecified atom stereocenters. The Balaban J connectivity index is 1.30. The van der Waals surface area contributed by atoms with Crippen molar-refractivity contribution in [3.05, 3.63) is 128 Å². The summed E-state index contributed by atoms with van der Waals surface area (Å²) in [6.07, 6.45) is -2.78. The van der Waals surface area contributed by atoms with Crippen molar-refractivity contribution >= 4 is 27.9 Å². The lowest BCUT2D eigenvalue weighted by atomic mass is 9.89. The Morgan fingerprint density at radius 1 is 0.721 bits per heavy atom. The van der Waals surface area contributed by atoms with Crippen molar-refractivity contribution in [3.63, 3.8) is 0 Å². The van der Waals surface area contributed by atoms with Crippen molar-refractivity contribution in [2.45, 2.75) is 58.7 Å². The summed E-state index contributed by atoms with van der Waals surface area (Å²) in [5, 5.41) is 62.5. The van der Waals surface area contributed by atoms with Gasteiger partial charge in [0.25, 0.3) is 0 Å². The van der Waals surface area contributed by atoms with Crippen LogP contribution in [-0.2, 0) is 29.3 Å². The minimum Gasteiger partial charge on any atom is -0.492 e. The van der Waals surface area contributed by atoms with Crippen molar-refractivity contribution in [2.75, 3.05) is 26.2 Å². The predicted molar refractivity (Wildman–Crippen MR) is 230 cm³/mol. The summed E-state index contributed by atoms with van der Waals surface area (Å²) in [6, 6.07) is 30.7. The average molecular weight is 893 g/mol. The first-order chi connectivity index (χ1) is 29.3. The number of aliphatic hydroxyl groups excluding tert-OH is 2. The summed E-state index contributed by atoms with van der Waals surface area (Å²) in [7, 11) is 0. The molecule has 0 aliphatic carbocycles. The fourth-order valence-corrected chi connectivity index (χ4v) is 7.06.